The van der Waals surface area contributed by atoms with Crippen LogP contribution in [0.25, 0.3) is 0 Å². The molecule has 8 nitrogen and oxygen atoms in total. The third-order valence-electron chi connectivity index (χ3n) is 4.58. The number of ether oxygens (including phenoxy) is 1. The van der Waals surface area contributed by atoms with Gasteiger partial charge in [-0.15, -0.1) is 0 Å². The molecule has 8 heteroatoms. The summed E-state index contributed by atoms with van der Waals surface area (Å²) < 4.78 is 5.13. The van der Waals surface area contributed by atoms with Gasteiger partial charge in [0.25, 0.3) is 11.6 Å². The molecule has 0 heterocycles. The summed E-state index contributed by atoms with van der Waals surface area (Å²) in [4.78, 5) is 37.1. The van der Waals surface area contributed by atoms with Gasteiger partial charge >= 0.3 is 5.97 Å². The minimum absolute atomic E-state index is 0.0356. The Bertz CT molecular complexity index is 1030. The maximum absolute atomic E-state index is 12.9. The summed E-state index contributed by atoms with van der Waals surface area (Å²) in [5.74, 6) is -1.29. The zero-order chi connectivity index (χ0) is 22.2. The first-order valence-electron chi connectivity index (χ1n) is 9.50. The number of nitro benzene ring substituents is 1. The second kappa shape index (κ2) is 10.0. The van der Waals surface area contributed by atoms with Crippen molar-refractivity contribution in [3.05, 3.63) is 106 Å². The van der Waals surface area contributed by atoms with Gasteiger partial charge in [-0.2, -0.15) is 0 Å². The number of non-ortho nitro benzene ring substituents is 1. The first kappa shape index (κ1) is 21.5. The SMILES string of the molecule is Nc1ccc([N+](=O)[O-])cc1C(=O)OCC(=O)N(Cc1ccccc1)Cc1ccccc1. The molecule has 0 saturated heterocycles. The van der Waals surface area contributed by atoms with E-state index in [1.54, 1.807) is 4.90 Å². The molecule has 0 saturated carbocycles. The summed E-state index contributed by atoms with van der Waals surface area (Å²) in [5, 5.41) is 10.9. The van der Waals surface area contributed by atoms with Crippen LogP contribution >= 0.6 is 0 Å². The Labute approximate surface area is 179 Å². The summed E-state index contributed by atoms with van der Waals surface area (Å²) in [7, 11) is 0. The molecule has 0 aromatic heterocycles. The van der Waals surface area contributed by atoms with Crippen LogP contribution in [0.5, 0.6) is 0 Å². The van der Waals surface area contributed by atoms with Gasteiger partial charge in [0.2, 0.25) is 0 Å². The van der Waals surface area contributed by atoms with Crippen LogP contribution in [0.4, 0.5) is 11.4 Å². The van der Waals surface area contributed by atoms with Crippen molar-refractivity contribution in [2.24, 2.45) is 0 Å². The average Bonchev–Trinajstić information content (AvgIpc) is 2.78. The lowest BCUT2D eigenvalue weighted by Gasteiger charge is -2.23. The lowest BCUT2D eigenvalue weighted by Crippen LogP contribution is -2.34. The molecule has 0 aliphatic rings. The maximum Gasteiger partial charge on any atom is 0.341 e. The summed E-state index contributed by atoms with van der Waals surface area (Å²) >= 11 is 0. The fourth-order valence-corrected chi connectivity index (χ4v) is 2.97. The Kier molecular flexibility index (Phi) is 6.95. The highest BCUT2D eigenvalue weighted by Crippen LogP contribution is 2.20. The molecular formula is C23H21N3O5. The number of amides is 1. The number of benzene rings is 3. The number of hydrogen-bond donors (Lipinski definition) is 1. The van der Waals surface area contributed by atoms with E-state index in [0.29, 0.717) is 13.1 Å². The molecule has 2 N–H and O–H groups in total. The van der Waals surface area contributed by atoms with E-state index in [1.165, 1.54) is 12.1 Å². The minimum atomic E-state index is -0.895. The van der Waals surface area contributed by atoms with Crippen LogP contribution in [-0.2, 0) is 22.6 Å². The van der Waals surface area contributed by atoms with E-state index in [9.17, 15) is 19.7 Å². The van der Waals surface area contributed by atoms with Gasteiger partial charge in [0, 0.05) is 30.9 Å². The van der Waals surface area contributed by atoms with E-state index in [1.807, 2.05) is 60.7 Å². The van der Waals surface area contributed by atoms with Crippen molar-refractivity contribution < 1.29 is 19.2 Å². The van der Waals surface area contributed by atoms with Crippen molar-refractivity contribution in [2.45, 2.75) is 13.1 Å². The molecule has 31 heavy (non-hydrogen) atoms. The van der Waals surface area contributed by atoms with E-state index < -0.39 is 23.4 Å². The third-order valence-corrected chi connectivity index (χ3v) is 4.58. The second-order valence-corrected chi connectivity index (χ2v) is 6.83. The predicted octanol–water partition coefficient (Wildman–Crippen LogP) is 3.56. The fraction of sp³-hybridized carbons (Fsp3) is 0.130. The largest absolute Gasteiger partial charge is 0.452 e. The molecule has 158 valence electrons. The Hall–Kier alpha value is -4.20. The quantitative estimate of drug-likeness (QED) is 0.258. The summed E-state index contributed by atoms with van der Waals surface area (Å²) in [6.45, 7) is 0.163. The van der Waals surface area contributed by atoms with E-state index in [4.69, 9.17) is 10.5 Å². The van der Waals surface area contributed by atoms with Crippen LogP contribution in [0.2, 0.25) is 0 Å². The van der Waals surface area contributed by atoms with Gasteiger partial charge in [-0.05, 0) is 17.2 Å². The second-order valence-electron chi connectivity index (χ2n) is 6.83. The number of rotatable bonds is 8. The molecule has 3 aromatic rings. The summed E-state index contributed by atoms with van der Waals surface area (Å²) in [6, 6.07) is 22.4. The molecule has 0 unspecified atom stereocenters. The molecule has 0 radical (unpaired) electrons. The Morgan fingerprint density at radius 2 is 1.45 bits per heavy atom. The van der Waals surface area contributed by atoms with Gasteiger partial charge in [0.15, 0.2) is 6.61 Å². The first-order valence-corrected chi connectivity index (χ1v) is 9.50. The van der Waals surface area contributed by atoms with E-state index >= 15 is 0 Å². The van der Waals surface area contributed by atoms with Gasteiger partial charge in [0.05, 0.1) is 10.5 Å². The van der Waals surface area contributed by atoms with Gasteiger partial charge < -0.3 is 15.4 Å². The Morgan fingerprint density at radius 1 is 0.903 bits per heavy atom. The van der Waals surface area contributed by atoms with Crippen LogP contribution in [0, 0.1) is 10.1 Å². The number of carbonyl (C=O) groups is 2. The van der Waals surface area contributed by atoms with Crippen molar-refractivity contribution >= 4 is 23.3 Å². The zero-order valence-corrected chi connectivity index (χ0v) is 16.6. The highest BCUT2D eigenvalue weighted by molar-refractivity contribution is 5.97. The van der Waals surface area contributed by atoms with Crippen LogP contribution < -0.4 is 5.73 Å². The normalized spacial score (nSPS) is 10.3. The summed E-state index contributed by atoms with van der Waals surface area (Å²) in [5.41, 5.74) is 7.20. The highest BCUT2D eigenvalue weighted by atomic mass is 16.6. The van der Waals surface area contributed by atoms with Crippen LogP contribution in [0.15, 0.2) is 78.9 Å². The molecular weight excluding hydrogens is 398 g/mol. The molecule has 3 rings (SSSR count). The topological polar surface area (TPSA) is 116 Å². The summed E-state index contributed by atoms with van der Waals surface area (Å²) in [6.07, 6.45) is 0. The van der Waals surface area contributed by atoms with E-state index in [0.717, 1.165) is 17.2 Å². The molecule has 0 aliphatic heterocycles. The van der Waals surface area contributed by atoms with Gasteiger partial charge in [0.1, 0.15) is 0 Å². The van der Waals surface area contributed by atoms with Crippen LogP contribution in [-0.4, -0.2) is 28.3 Å². The molecule has 0 spiro atoms. The van der Waals surface area contributed by atoms with Gasteiger partial charge in [-0.3, -0.25) is 14.9 Å². The van der Waals surface area contributed by atoms with E-state index in [2.05, 4.69) is 0 Å². The predicted molar refractivity (Wildman–Crippen MR) is 115 cm³/mol. The molecule has 0 atom stereocenters. The minimum Gasteiger partial charge on any atom is -0.452 e. The van der Waals surface area contributed by atoms with Gasteiger partial charge in [-0.25, -0.2) is 4.79 Å². The number of nitrogens with two attached hydrogens (primary N) is 1. The van der Waals surface area contributed by atoms with Crippen molar-refractivity contribution in [1.29, 1.82) is 0 Å². The zero-order valence-electron chi connectivity index (χ0n) is 16.6. The smallest absolute Gasteiger partial charge is 0.341 e. The molecule has 0 bridgehead atoms. The first-order chi connectivity index (χ1) is 14.9. The van der Waals surface area contributed by atoms with Crippen molar-refractivity contribution in [2.75, 3.05) is 12.3 Å². The number of esters is 1. The average molecular weight is 419 g/mol. The molecule has 0 fully saturated rings. The number of carbonyl (C=O) groups excluding carboxylic acids is 2. The standard InChI is InChI=1S/C23H21N3O5/c24-21-12-11-19(26(29)30)13-20(21)23(28)31-16-22(27)25(14-17-7-3-1-4-8-17)15-18-9-5-2-6-10-18/h1-13H,14-16,24H2. The Morgan fingerprint density at radius 3 is 1.97 bits per heavy atom. The van der Waals surface area contributed by atoms with Crippen LogP contribution in [0.1, 0.15) is 21.5 Å². The Balaban J connectivity index is 1.71. The highest BCUT2D eigenvalue weighted by Gasteiger charge is 2.20. The van der Waals surface area contributed by atoms with Crippen molar-refractivity contribution in [1.82, 2.24) is 4.90 Å². The number of hydrogen-bond acceptors (Lipinski definition) is 6. The number of nitrogen functional groups attached to an aromatic ring is 1. The lowest BCUT2D eigenvalue weighted by atomic mass is 10.1. The van der Waals surface area contributed by atoms with Crippen molar-refractivity contribution in [3.63, 3.8) is 0 Å². The lowest BCUT2D eigenvalue weighted by molar-refractivity contribution is -0.384. The number of nitrogens with zero attached hydrogens (tertiary/aromatic N) is 2. The van der Waals surface area contributed by atoms with Crippen LogP contribution in [0.3, 0.4) is 0 Å². The monoisotopic (exact) mass is 419 g/mol. The molecule has 0 aliphatic carbocycles. The number of nitro groups is 1. The molecule has 1 amide bonds. The maximum atomic E-state index is 12.9. The fourth-order valence-electron chi connectivity index (χ4n) is 2.97. The number of anilines is 1. The third kappa shape index (κ3) is 5.89. The van der Waals surface area contributed by atoms with Gasteiger partial charge in [-0.1, -0.05) is 60.7 Å². The van der Waals surface area contributed by atoms with Crippen molar-refractivity contribution in [3.8, 4) is 0 Å². The molecule has 3 aromatic carbocycles. The van der Waals surface area contributed by atoms with E-state index in [-0.39, 0.29) is 16.9 Å².